The summed E-state index contributed by atoms with van der Waals surface area (Å²) in [6.07, 6.45) is 2.83. The predicted molar refractivity (Wildman–Crippen MR) is 210 cm³/mol. The minimum Gasteiger partial charge on any atom is -0.443 e. The number of non-ortho nitro benzene ring substituents is 2. The molecular formula is C37H40Cl2N10O6. The summed E-state index contributed by atoms with van der Waals surface area (Å²) in [5, 5.41) is 34.6. The normalized spacial score (nSPS) is 11.5. The fraction of sp³-hybridized carbons (Fsp3) is 0.324. The summed E-state index contributed by atoms with van der Waals surface area (Å²) < 4.78 is 8.82. The first-order valence-electron chi connectivity index (χ1n) is 17.2. The molecule has 0 bridgehead atoms. The lowest BCUT2D eigenvalue weighted by molar-refractivity contribution is -0.385. The standard InChI is InChI=1S/C21H24ClN5O4.C16H16ClN5O2/c1-13(2)16-11-23-26-18(10-17(22)24-19(16)26)25(20(28)31-21(3,4)5)12-14-7-6-8-15(9-14)27(29)30;1-10(2)13-9-19-21-15(7-14(17)20-16(13)21)18-8-11-4-3-5-12(6-11)22(23)24/h6-11,13H,12H2,1-5H3;3-7,9-10,18H,8H2,1-2H3. The maximum Gasteiger partial charge on any atom is 0.416 e. The van der Waals surface area contributed by atoms with E-state index in [4.69, 9.17) is 27.9 Å². The Morgan fingerprint density at radius 3 is 1.87 bits per heavy atom. The van der Waals surface area contributed by atoms with Crippen molar-refractivity contribution in [3.63, 3.8) is 0 Å². The summed E-state index contributed by atoms with van der Waals surface area (Å²) in [4.78, 5) is 44.4. The third-order valence-corrected chi connectivity index (χ3v) is 8.50. The Hall–Kier alpha value is -5.87. The van der Waals surface area contributed by atoms with Gasteiger partial charge in [0.2, 0.25) is 0 Å². The fourth-order valence-corrected chi connectivity index (χ4v) is 5.86. The molecule has 1 amide bonds. The minimum atomic E-state index is -0.749. The zero-order valence-electron chi connectivity index (χ0n) is 31.2. The van der Waals surface area contributed by atoms with Gasteiger partial charge >= 0.3 is 6.09 Å². The van der Waals surface area contributed by atoms with Crippen LogP contribution in [0.25, 0.3) is 11.3 Å². The number of ether oxygens (including phenoxy) is 1. The number of halogens is 2. The highest BCUT2D eigenvalue weighted by Crippen LogP contribution is 2.29. The SMILES string of the molecule is CC(C)c1cnn2c(N(Cc3cccc([N+](=O)[O-])c3)C(=O)OC(C)(C)C)cc(Cl)nc12.CC(C)c1cnn2c(NCc3cccc([N+](=O)[O-])c3)cc(Cl)nc12. The van der Waals surface area contributed by atoms with E-state index in [9.17, 15) is 25.0 Å². The zero-order valence-corrected chi connectivity index (χ0v) is 32.7. The number of hydrogen-bond donors (Lipinski definition) is 1. The fourth-order valence-electron chi connectivity index (χ4n) is 5.50. The highest BCUT2D eigenvalue weighted by atomic mass is 35.5. The van der Waals surface area contributed by atoms with Gasteiger partial charge in [0.25, 0.3) is 11.4 Å². The lowest BCUT2D eigenvalue weighted by atomic mass is 10.1. The monoisotopic (exact) mass is 790 g/mol. The van der Waals surface area contributed by atoms with Gasteiger partial charge in [-0.3, -0.25) is 25.1 Å². The molecule has 0 radical (unpaired) electrons. The van der Waals surface area contributed by atoms with Crippen LogP contribution in [0.5, 0.6) is 0 Å². The van der Waals surface area contributed by atoms with Crippen LogP contribution in [0.2, 0.25) is 10.3 Å². The molecule has 16 nitrogen and oxygen atoms in total. The molecule has 0 spiro atoms. The quantitative estimate of drug-likeness (QED) is 0.0791. The van der Waals surface area contributed by atoms with Gasteiger partial charge in [0, 0.05) is 54.1 Å². The topological polar surface area (TPSA) is 188 Å². The van der Waals surface area contributed by atoms with Crippen molar-refractivity contribution in [2.75, 3.05) is 10.2 Å². The molecule has 0 saturated heterocycles. The molecule has 0 saturated carbocycles. The molecule has 4 heterocycles. The van der Waals surface area contributed by atoms with Gasteiger partial charge in [-0.1, -0.05) is 75.2 Å². The van der Waals surface area contributed by atoms with Crippen LogP contribution in [-0.2, 0) is 17.8 Å². The number of nitro benzene ring substituents is 2. The first-order valence-corrected chi connectivity index (χ1v) is 18.0. The van der Waals surface area contributed by atoms with Crippen LogP contribution < -0.4 is 10.2 Å². The molecule has 0 aliphatic carbocycles. The Labute approximate surface area is 326 Å². The van der Waals surface area contributed by atoms with Crippen LogP contribution in [0.3, 0.4) is 0 Å². The van der Waals surface area contributed by atoms with E-state index in [1.165, 1.54) is 39.7 Å². The molecule has 288 valence electrons. The third kappa shape index (κ3) is 9.82. The second kappa shape index (κ2) is 16.7. The molecule has 18 heteroatoms. The molecule has 6 rings (SSSR count). The number of nitro groups is 2. The van der Waals surface area contributed by atoms with Gasteiger partial charge in [-0.2, -0.15) is 19.2 Å². The Morgan fingerprint density at radius 2 is 1.33 bits per heavy atom. The van der Waals surface area contributed by atoms with Crippen molar-refractivity contribution in [2.24, 2.45) is 0 Å². The summed E-state index contributed by atoms with van der Waals surface area (Å²) in [7, 11) is 0. The number of amides is 1. The number of fused-ring (bicyclic) bond motifs is 2. The van der Waals surface area contributed by atoms with E-state index in [1.807, 2.05) is 19.9 Å². The van der Waals surface area contributed by atoms with Gasteiger partial charge in [-0.15, -0.1) is 0 Å². The second-order valence-corrected chi connectivity index (χ2v) is 14.9. The van der Waals surface area contributed by atoms with Crippen molar-refractivity contribution in [3.05, 3.63) is 126 Å². The summed E-state index contributed by atoms with van der Waals surface area (Å²) >= 11 is 12.4. The van der Waals surface area contributed by atoms with Crippen LogP contribution in [-0.4, -0.2) is 50.7 Å². The van der Waals surface area contributed by atoms with Crippen molar-refractivity contribution in [1.29, 1.82) is 0 Å². The Bertz CT molecular complexity index is 2370. The van der Waals surface area contributed by atoms with Crippen LogP contribution in [0, 0.1) is 20.2 Å². The molecular weight excluding hydrogens is 751 g/mol. The number of aromatic nitrogens is 6. The molecule has 0 unspecified atom stereocenters. The Morgan fingerprint density at radius 1 is 0.818 bits per heavy atom. The van der Waals surface area contributed by atoms with E-state index in [0.717, 1.165) is 16.7 Å². The third-order valence-electron chi connectivity index (χ3n) is 8.11. The van der Waals surface area contributed by atoms with Gasteiger partial charge in [0.1, 0.15) is 27.5 Å². The first-order chi connectivity index (χ1) is 25.9. The van der Waals surface area contributed by atoms with Crippen molar-refractivity contribution in [1.82, 2.24) is 29.2 Å². The van der Waals surface area contributed by atoms with E-state index in [0.29, 0.717) is 40.2 Å². The van der Waals surface area contributed by atoms with Gasteiger partial charge in [-0.25, -0.2) is 14.8 Å². The van der Waals surface area contributed by atoms with E-state index >= 15 is 0 Å². The van der Waals surface area contributed by atoms with Crippen LogP contribution >= 0.6 is 23.2 Å². The summed E-state index contributed by atoms with van der Waals surface area (Å²) in [6.45, 7) is 13.9. The van der Waals surface area contributed by atoms with Gasteiger partial charge in [0.15, 0.2) is 11.3 Å². The maximum absolute atomic E-state index is 13.1. The molecule has 0 aliphatic heterocycles. The lowest BCUT2D eigenvalue weighted by Gasteiger charge is -2.27. The highest BCUT2D eigenvalue weighted by molar-refractivity contribution is 6.30. The van der Waals surface area contributed by atoms with E-state index in [2.05, 4.69) is 39.3 Å². The lowest BCUT2D eigenvalue weighted by Crippen LogP contribution is -2.37. The molecule has 0 aliphatic rings. The Kier molecular flexibility index (Phi) is 12.2. The maximum atomic E-state index is 13.1. The number of anilines is 2. The first kappa shape index (κ1) is 40.3. The van der Waals surface area contributed by atoms with Crippen LogP contribution in [0.4, 0.5) is 27.8 Å². The van der Waals surface area contributed by atoms with Crippen molar-refractivity contribution >= 4 is 63.6 Å². The average Bonchev–Trinajstić information content (AvgIpc) is 3.74. The molecule has 4 aromatic heterocycles. The summed E-state index contributed by atoms with van der Waals surface area (Å²) in [5.74, 6) is 1.45. The molecule has 0 atom stereocenters. The number of rotatable bonds is 10. The van der Waals surface area contributed by atoms with Gasteiger partial charge in [0.05, 0.1) is 28.8 Å². The largest absolute Gasteiger partial charge is 0.443 e. The smallest absolute Gasteiger partial charge is 0.416 e. The average molecular weight is 792 g/mol. The minimum absolute atomic E-state index is 0.0168. The predicted octanol–water partition coefficient (Wildman–Crippen LogP) is 9.38. The number of nitrogens with one attached hydrogen (secondary N) is 1. The van der Waals surface area contributed by atoms with Crippen molar-refractivity contribution < 1.29 is 19.4 Å². The Balaban J connectivity index is 0.000000218. The van der Waals surface area contributed by atoms with E-state index in [-0.39, 0.29) is 34.9 Å². The molecule has 6 aromatic rings. The van der Waals surface area contributed by atoms with E-state index in [1.54, 1.807) is 61.9 Å². The zero-order chi connectivity index (χ0) is 40.2. The van der Waals surface area contributed by atoms with E-state index < -0.39 is 21.5 Å². The summed E-state index contributed by atoms with van der Waals surface area (Å²) in [5.41, 5.74) is 3.72. The molecule has 2 aromatic carbocycles. The molecule has 0 fully saturated rings. The second-order valence-electron chi connectivity index (χ2n) is 14.2. The van der Waals surface area contributed by atoms with Crippen molar-refractivity contribution in [3.8, 4) is 0 Å². The number of nitrogens with zero attached hydrogens (tertiary/aromatic N) is 9. The molecule has 55 heavy (non-hydrogen) atoms. The van der Waals surface area contributed by atoms with Crippen LogP contribution in [0.1, 0.15) is 82.6 Å². The number of hydrogen-bond acceptors (Lipinski definition) is 11. The number of carbonyl (C=O) groups excluding carboxylic acids is 1. The number of carbonyl (C=O) groups is 1. The highest BCUT2D eigenvalue weighted by Gasteiger charge is 2.28. The molecule has 1 N–H and O–H groups in total. The van der Waals surface area contributed by atoms with Gasteiger partial charge < -0.3 is 10.1 Å². The van der Waals surface area contributed by atoms with Gasteiger partial charge in [-0.05, 0) is 43.7 Å². The summed E-state index contributed by atoms with van der Waals surface area (Å²) in [6, 6.07) is 15.8. The van der Waals surface area contributed by atoms with Crippen LogP contribution in [0.15, 0.2) is 73.1 Å². The van der Waals surface area contributed by atoms with Crippen molar-refractivity contribution in [2.45, 2.75) is 79.0 Å². The number of benzene rings is 2.